The third-order valence-electron chi connectivity index (χ3n) is 1.69. The van der Waals surface area contributed by atoms with Gasteiger partial charge in [-0.05, 0) is 41.4 Å². The third-order valence-corrected chi connectivity index (χ3v) is 2.50. The predicted octanol–water partition coefficient (Wildman–Crippen LogP) is 2.53. The molecule has 0 aliphatic rings. The number of aryl methyl sites for hydroxylation is 2. The SMILES string of the molecule is Cc1cc(Br)c(C)nc1CC#N. The Bertz CT molecular complexity index is 339. The maximum Gasteiger partial charge on any atom is 0.0777 e. The van der Waals surface area contributed by atoms with Crippen LogP contribution in [0.3, 0.4) is 0 Å². The zero-order valence-electron chi connectivity index (χ0n) is 7.06. The van der Waals surface area contributed by atoms with Crippen LogP contribution in [0.5, 0.6) is 0 Å². The van der Waals surface area contributed by atoms with E-state index in [-0.39, 0.29) is 0 Å². The summed E-state index contributed by atoms with van der Waals surface area (Å²) in [6, 6.07) is 4.09. The molecule has 0 aliphatic heterocycles. The maximum absolute atomic E-state index is 8.50. The van der Waals surface area contributed by atoms with E-state index >= 15 is 0 Å². The van der Waals surface area contributed by atoms with Crippen molar-refractivity contribution in [2.75, 3.05) is 0 Å². The van der Waals surface area contributed by atoms with Gasteiger partial charge in [0.05, 0.1) is 23.9 Å². The fraction of sp³-hybridized carbons (Fsp3) is 0.333. The second-order valence-corrected chi connectivity index (χ2v) is 3.51. The fourth-order valence-electron chi connectivity index (χ4n) is 0.976. The van der Waals surface area contributed by atoms with Crippen molar-refractivity contribution in [1.29, 1.82) is 5.26 Å². The van der Waals surface area contributed by atoms with Crippen molar-refractivity contribution < 1.29 is 0 Å². The molecule has 0 bridgehead atoms. The minimum atomic E-state index is 0.389. The Labute approximate surface area is 80.4 Å². The standard InChI is InChI=1S/C9H9BrN2/c1-6-5-8(10)7(2)12-9(6)3-4-11/h5H,3H2,1-2H3. The number of nitrogens with zero attached hydrogens (tertiary/aromatic N) is 2. The lowest BCUT2D eigenvalue weighted by Gasteiger charge is -2.03. The molecule has 1 aromatic heterocycles. The number of pyridine rings is 1. The molecule has 2 nitrogen and oxygen atoms in total. The first kappa shape index (κ1) is 9.21. The molecule has 0 N–H and O–H groups in total. The summed E-state index contributed by atoms with van der Waals surface area (Å²) in [5, 5.41) is 8.50. The number of aromatic nitrogens is 1. The molecule has 0 fully saturated rings. The van der Waals surface area contributed by atoms with Crippen molar-refractivity contribution >= 4 is 15.9 Å². The molecule has 0 unspecified atom stereocenters. The molecule has 12 heavy (non-hydrogen) atoms. The van der Waals surface area contributed by atoms with Crippen LogP contribution < -0.4 is 0 Å². The van der Waals surface area contributed by atoms with Crippen molar-refractivity contribution in [1.82, 2.24) is 4.98 Å². The molecule has 0 radical (unpaired) electrons. The average molecular weight is 225 g/mol. The van der Waals surface area contributed by atoms with Gasteiger partial charge in [0.15, 0.2) is 0 Å². The fourth-order valence-corrected chi connectivity index (χ4v) is 1.41. The summed E-state index contributed by atoms with van der Waals surface area (Å²) in [7, 11) is 0. The Kier molecular flexibility index (Phi) is 2.83. The maximum atomic E-state index is 8.50. The number of rotatable bonds is 1. The van der Waals surface area contributed by atoms with Crippen LogP contribution >= 0.6 is 15.9 Å². The van der Waals surface area contributed by atoms with Crippen LogP contribution in [0.15, 0.2) is 10.5 Å². The number of nitriles is 1. The molecule has 0 amide bonds. The first-order chi connectivity index (χ1) is 5.65. The monoisotopic (exact) mass is 224 g/mol. The highest BCUT2D eigenvalue weighted by Crippen LogP contribution is 2.17. The minimum Gasteiger partial charge on any atom is -0.256 e. The van der Waals surface area contributed by atoms with Gasteiger partial charge in [-0.25, -0.2) is 0 Å². The van der Waals surface area contributed by atoms with E-state index in [4.69, 9.17) is 5.26 Å². The Morgan fingerprint density at radius 3 is 2.83 bits per heavy atom. The highest BCUT2D eigenvalue weighted by atomic mass is 79.9. The van der Waals surface area contributed by atoms with Crippen LogP contribution in [0.25, 0.3) is 0 Å². The second kappa shape index (κ2) is 3.68. The van der Waals surface area contributed by atoms with Crippen LogP contribution in [0.1, 0.15) is 17.0 Å². The van der Waals surface area contributed by atoms with Crippen molar-refractivity contribution in [2.45, 2.75) is 20.3 Å². The summed E-state index contributed by atoms with van der Waals surface area (Å²) in [5.41, 5.74) is 2.87. The molecule has 1 aromatic rings. The van der Waals surface area contributed by atoms with E-state index in [0.717, 1.165) is 21.4 Å². The average Bonchev–Trinajstić information content (AvgIpc) is 2.01. The topological polar surface area (TPSA) is 36.7 Å². The lowest BCUT2D eigenvalue weighted by atomic mass is 10.1. The molecule has 1 rings (SSSR count). The van der Waals surface area contributed by atoms with Gasteiger partial charge < -0.3 is 0 Å². The summed E-state index contributed by atoms with van der Waals surface area (Å²) in [5.74, 6) is 0. The first-order valence-corrected chi connectivity index (χ1v) is 4.44. The lowest BCUT2D eigenvalue weighted by molar-refractivity contribution is 1.03. The Morgan fingerprint density at radius 2 is 2.25 bits per heavy atom. The molecule has 0 saturated carbocycles. The normalized spacial score (nSPS) is 9.50. The van der Waals surface area contributed by atoms with Crippen LogP contribution in [-0.4, -0.2) is 4.98 Å². The summed E-state index contributed by atoms with van der Waals surface area (Å²) >= 11 is 3.39. The molecule has 0 aromatic carbocycles. The summed E-state index contributed by atoms with van der Waals surface area (Å²) in [6.45, 7) is 3.88. The molecular weight excluding hydrogens is 216 g/mol. The minimum absolute atomic E-state index is 0.389. The van der Waals surface area contributed by atoms with Gasteiger partial charge >= 0.3 is 0 Å². The number of halogens is 1. The Hall–Kier alpha value is -0.880. The third kappa shape index (κ3) is 1.83. The van der Waals surface area contributed by atoms with E-state index in [1.54, 1.807) is 0 Å². The zero-order chi connectivity index (χ0) is 9.14. The van der Waals surface area contributed by atoms with E-state index in [2.05, 4.69) is 27.0 Å². The molecular formula is C9H9BrN2. The molecule has 0 saturated heterocycles. The molecule has 62 valence electrons. The molecule has 0 spiro atoms. The van der Waals surface area contributed by atoms with Crippen molar-refractivity contribution in [3.8, 4) is 6.07 Å². The number of hydrogen-bond donors (Lipinski definition) is 0. The number of hydrogen-bond acceptors (Lipinski definition) is 2. The van der Waals surface area contributed by atoms with E-state index in [1.807, 2.05) is 19.9 Å². The van der Waals surface area contributed by atoms with E-state index < -0.39 is 0 Å². The van der Waals surface area contributed by atoms with E-state index in [9.17, 15) is 0 Å². The highest BCUT2D eigenvalue weighted by molar-refractivity contribution is 9.10. The van der Waals surface area contributed by atoms with Gasteiger partial charge in [0.2, 0.25) is 0 Å². The lowest BCUT2D eigenvalue weighted by Crippen LogP contribution is -1.95. The van der Waals surface area contributed by atoms with Gasteiger partial charge in [0.25, 0.3) is 0 Å². The quantitative estimate of drug-likeness (QED) is 0.736. The van der Waals surface area contributed by atoms with Crippen molar-refractivity contribution in [2.24, 2.45) is 0 Å². The molecule has 0 aliphatic carbocycles. The van der Waals surface area contributed by atoms with Crippen LogP contribution in [0.4, 0.5) is 0 Å². The smallest absolute Gasteiger partial charge is 0.0777 e. The Morgan fingerprint density at radius 1 is 1.58 bits per heavy atom. The van der Waals surface area contributed by atoms with Gasteiger partial charge in [0.1, 0.15) is 0 Å². The van der Waals surface area contributed by atoms with Gasteiger partial charge in [0, 0.05) is 4.47 Å². The molecule has 3 heteroatoms. The molecule has 0 atom stereocenters. The van der Waals surface area contributed by atoms with Gasteiger partial charge in [-0.15, -0.1) is 0 Å². The van der Waals surface area contributed by atoms with Gasteiger partial charge in [-0.3, -0.25) is 4.98 Å². The largest absolute Gasteiger partial charge is 0.256 e. The zero-order valence-corrected chi connectivity index (χ0v) is 8.64. The van der Waals surface area contributed by atoms with Crippen LogP contribution in [-0.2, 0) is 6.42 Å². The molecule has 1 heterocycles. The van der Waals surface area contributed by atoms with Crippen molar-refractivity contribution in [3.05, 3.63) is 27.5 Å². The highest BCUT2D eigenvalue weighted by Gasteiger charge is 2.02. The van der Waals surface area contributed by atoms with Crippen LogP contribution in [0, 0.1) is 25.2 Å². The van der Waals surface area contributed by atoms with E-state index in [1.165, 1.54) is 0 Å². The summed E-state index contributed by atoms with van der Waals surface area (Å²) < 4.78 is 1.00. The summed E-state index contributed by atoms with van der Waals surface area (Å²) in [6.07, 6.45) is 0.389. The van der Waals surface area contributed by atoms with Gasteiger partial charge in [-0.2, -0.15) is 5.26 Å². The van der Waals surface area contributed by atoms with Crippen LogP contribution in [0.2, 0.25) is 0 Å². The second-order valence-electron chi connectivity index (χ2n) is 2.65. The van der Waals surface area contributed by atoms with Crippen molar-refractivity contribution in [3.63, 3.8) is 0 Å². The first-order valence-electron chi connectivity index (χ1n) is 3.64. The van der Waals surface area contributed by atoms with E-state index in [0.29, 0.717) is 6.42 Å². The summed E-state index contributed by atoms with van der Waals surface area (Å²) in [4.78, 5) is 4.29. The Balaban J connectivity index is 3.16. The van der Waals surface area contributed by atoms with Gasteiger partial charge in [-0.1, -0.05) is 0 Å². The predicted molar refractivity (Wildman–Crippen MR) is 50.7 cm³/mol.